The zero-order valence-electron chi connectivity index (χ0n) is 12.8. The van der Waals surface area contributed by atoms with Crippen LogP contribution < -0.4 is 10.5 Å². The first-order chi connectivity index (χ1) is 9.77. The number of rotatable bonds is 8. The van der Waals surface area contributed by atoms with Crippen LogP contribution >= 0.6 is 0 Å². The van der Waals surface area contributed by atoms with Gasteiger partial charge in [0.1, 0.15) is 5.82 Å². The minimum atomic E-state index is -3.62. The SMILES string of the molecule is CC(C)N(C)CCCNS(=O)(=O)c1ccc(F)c(CN)c1. The summed E-state index contributed by atoms with van der Waals surface area (Å²) in [7, 11) is -1.63. The average Bonchev–Trinajstić information content (AvgIpc) is 2.43. The van der Waals surface area contributed by atoms with E-state index in [9.17, 15) is 12.8 Å². The van der Waals surface area contributed by atoms with E-state index in [-0.39, 0.29) is 17.0 Å². The van der Waals surface area contributed by atoms with E-state index in [1.54, 1.807) is 0 Å². The molecule has 120 valence electrons. The number of halogens is 1. The van der Waals surface area contributed by atoms with Gasteiger partial charge in [0, 0.05) is 24.7 Å². The van der Waals surface area contributed by atoms with Crippen LogP contribution in [0, 0.1) is 5.82 Å². The summed E-state index contributed by atoms with van der Waals surface area (Å²) in [6.45, 7) is 5.27. The molecule has 3 N–H and O–H groups in total. The molecule has 0 fully saturated rings. The first-order valence-electron chi connectivity index (χ1n) is 6.96. The number of hydrogen-bond acceptors (Lipinski definition) is 4. The van der Waals surface area contributed by atoms with Gasteiger partial charge in [-0.25, -0.2) is 17.5 Å². The van der Waals surface area contributed by atoms with Crippen molar-refractivity contribution < 1.29 is 12.8 Å². The van der Waals surface area contributed by atoms with Crippen LogP contribution in [0.2, 0.25) is 0 Å². The maximum absolute atomic E-state index is 13.3. The number of sulfonamides is 1. The molecule has 0 saturated carbocycles. The Bertz CT molecular complexity index is 561. The predicted octanol–water partition coefficient (Wildman–Crippen LogP) is 1.29. The van der Waals surface area contributed by atoms with Gasteiger partial charge in [0.25, 0.3) is 0 Å². The normalized spacial score (nSPS) is 12.3. The maximum atomic E-state index is 13.3. The summed E-state index contributed by atoms with van der Waals surface area (Å²) in [6, 6.07) is 4.07. The monoisotopic (exact) mass is 317 g/mol. The first-order valence-corrected chi connectivity index (χ1v) is 8.44. The van der Waals surface area contributed by atoms with E-state index in [0.717, 1.165) is 12.6 Å². The van der Waals surface area contributed by atoms with Crippen LogP contribution in [0.3, 0.4) is 0 Å². The summed E-state index contributed by atoms with van der Waals surface area (Å²) >= 11 is 0. The topological polar surface area (TPSA) is 75.4 Å². The number of nitrogens with two attached hydrogens (primary N) is 1. The van der Waals surface area contributed by atoms with Crippen LogP contribution in [0.4, 0.5) is 4.39 Å². The highest BCUT2D eigenvalue weighted by molar-refractivity contribution is 7.89. The molecule has 0 aliphatic heterocycles. The third-order valence-corrected chi connectivity index (χ3v) is 4.87. The molecule has 0 unspecified atom stereocenters. The van der Waals surface area contributed by atoms with Crippen molar-refractivity contribution in [1.29, 1.82) is 0 Å². The highest BCUT2D eigenvalue weighted by Gasteiger charge is 2.15. The van der Waals surface area contributed by atoms with Crippen molar-refractivity contribution >= 4 is 10.0 Å². The Morgan fingerprint density at radius 2 is 2.05 bits per heavy atom. The molecule has 0 aliphatic rings. The zero-order chi connectivity index (χ0) is 16.0. The lowest BCUT2D eigenvalue weighted by atomic mass is 10.2. The van der Waals surface area contributed by atoms with Crippen molar-refractivity contribution in [2.24, 2.45) is 5.73 Å². The van der Waals surface area contributed by atoms with Gasteiger partial charge in [-0.3, -0.25) is 0 Å². The van der Waals surface area contributed by atoms with E-state index in [1.165, 1.54) is 12.1 Å². The largest absolute Gasteiger partial charge is 0.326 e. The Labute approximate surface area is 126 Å². The summed E-state index contributed by atoms with van der Waals surface area (Å²) in [5, 5.41) is 0. The van der Waals surface area contributed by atoms with E-state index in [0.29, 0.717) is 19.0 Å². The van der Waals surface area contributed by atoms with Gasteiger partial charge < -0.3 is 10.6 Å². The Morgan fingerprint density at radius 1 is 1.38 bits per heavy atom. The van der Waals surface area contributed by atoms with Crippen LogP contribution in [-0.4, -0.2) is 39.5 Å². The van der Waals surface area contributed by atoms with Crippen LogP contribution in [-0.2, 0) is 16.6 Å². The van der Waals surface area contributed by atoms with Gasteiger partial charge >= 0.3 is 0 Å². The molecule has 0 aromatic heterocycles. The molecule has 0 heterocycles. The van der Waals surface area contributed by atoms with Gasteiger partial charge in [-0.05, 0) is 52.1 Å². The summed E-state index contributed by atoms with van der Waals surface area (Å²) in [5.41, 5.74) is 5.58. The van der Waals surface area contributed by atoms with Crippen LogP contribution in [0.1, 0.15) is 25.8 Å². The lowest BCUT2D eigenvalue weighted by Gasteiger charge is -2.20. The van der Waals surface area contributed by atoms with Gasteiger partial charge in [-0.1, -0.05) is 0 Å². The highest BCUT2D eigenvalue weighted by Crippen LogP contribution is 2.14. The second-order valence-electron chi connectivity index (χ2n) is 5.28. The molecule has 0 amide bonds. The van der Waals surface area contributed by atoms with Crippen molar-refractivity contribution in [2.75, 3.05) is 20.1 Å². The first kappa shape index (κ1) is 18.0. The zero-order valence-corrected chi connectivity index (χ0v) is 13.6. The smallest absolute Gasteiger partial charge is 0.240 e. The Kier molecular flexibility index (Phi) is 6.73. The molecule has 1 rings (SSSR count). The van der Waals surface area contributed by atoms with E-state index in [4.69, 9.17) is 5.73 Å². The second-order valence-corrected chi connectivity index (χ2v) is 7.05. The van der Waals surface area contributed by atoms with Gasteiger partial charge in [0.15, 0.2) is 0 Å². The molecule has 1 aromatic rings. The Morgan fingerprint density at radius 3 is 2.62 bits per heavy atom. The van der Waals surface area contributed by atoms with Crippen molar-refractivity contribution in [3.8, 4) is 0 Å². The summed E-state index contributed by atoms with van der Waals surface area (Å²) in [6.07, 6.45) is 0.707. The van der Waals surface area contributed by atoms with Crippen molar-refractivity contribution in [1.82, 2.24) is 9.62 Å². The van der Waals surface area contributed by atoms with E-state index in [1.807, 2.05) is 7.05 Å². The molecule has 0 spiro atoms. The van der Waals surface area contributed by atoms with Gasteiger partial charge in [-0.15, -0.1) is 0 Å². The molecule has 0 bridgehead atoms. The lowest BCUT2D eigenvalue weighted by molar-refractivity contribution is 0.271. The van der Waals surface area contributed by atoms with E-state index >= 15 is 0 Å². The van der Waals surface area contributed by atoms with Crippen molar-refractivity contribution in [3.05, 3.63) is 29.6 Å². The molecule has 21 heavy (non-hydrogen) atoms. The summed E-state index contributed by atoms with van der Waals surface area (Å²) in [4.78, 5) is 2.18. The van der Waals surface area contributed by atoms with Crippen LogP contribution in [0.15, 0.2) is 23.1 Å². The minimum Gasteiger partial charge on any atom is -0.326 e. The van der Waals surface area contributed by atoms with Crippen LogP contribution in [0.25, 0.3) is 0 Å². The molecular formula is C14H24FN3O2S. The quantitative estimate of drug-likeness (QED) is 0.709. The highest BCUT2D eigenvalue weighted by atomic mass is 32.2. The van der Waals surface area contributed by atoms with E-state index in [2.05, 4.69) is 23.5 Å². The molecule has 1 aromatic carbocycles. The number of nitrogens with one attached hydrogen (secondary N) is 1. The van der Waals surface area contributed by atoms with Gasteiger partial charge in [-0.2, -0.15) is 0 Å². The fourth-order valence-electron chi connectivity index (χ4n) is 1.75. The molecule has 0 atom stereocenters. The lowest BCUT2D eigenvalue weighted by Crippen LogP contribution is -2.31. The third-order valence-electron chi connectivity index (χ3n) is 3.41. The molecule has 0 saturated heterocycles. The Balaban J connectivity index is 2.62. The molecule has 5 nitrogen and oxygen atoms in total. The molecule has 0 aliphatic carbocycles. The summed E-state index contributed by atoms with van der Waals surface area (Å²) < 4.78 is 40.1. The van der Waals surface area contributed by atoms with Gasteiger partial charge in [0.05, 0.1) is 4.90 Å². The minimum absolute atomic E-state index is 0.0334. The molecule has 7 heteroatoms. The Hall–Kier alpha value is -1.02. The molecular weight excluding hydrogens is 293 g/mol. The number of hydrogen-bond donors (Lipinski definition) is 2. The number of nitrogens with zero attached hydrogens (tertiary/aromatic N) is 1. The number of benzene rings is 1. The van der Waals surface area contributed by atoms with Crippen molar-refractivity contribution in [3.63, 3.8) is 0 Å². The standard InChI is InChI=1S/C14H24FN3O2S/c1-11(2)18(3)8-4-7-17-21(19,20)13-5-6-14(15)12(9-13)10-16/h5-6,9,11,17H,4,7-8,10,16H2,1-3H3. The predicted molar refractivity (Wildman–Crippen MR) is 81.9 cm³/mol. The third kappa shape index (κ3) is 5.35. The molecule has 0 radical (unpaired) electrons. The van der Waals surface area contributed by atoms with Crippen molar-refractivity contribution in [2.45, 2.75) is 37.8 Å². The summed E-state index contributed by atoms with van der Waals surface area (Å²) in [5.74, 6) is -0.491. The fourth-order valence-corrected chi connectivity index (χ4v) is 2.88. The average molecular weight is 317 g/mol. The van der Waals surface area contributed by atoms with Gasteiger partial charge in [0.2, 0.25) is 10.0 Å². The fraction of sp³-hybridized carbons (Fsp3) is 0.571. The van der Waals surface area contributed by atoms with Crippen LogP contribution in [0.5, 0.6) is 0 Å². The maximum Gasteiger partial charge on any atom is 0.240 e. The second kappa shape index (κ2) is 7.84. The van der Waals surface area contributed by atoms with E-state index < -0.39 is 15.8 Å².